The maximum Gasteiger partial charge on any atom is 0.305 e. The fraction of sp³-hybridized carbons (Fsp3) is 0.500. The van der Waals surface area contributed by atoms with Crippen LogP contribution in [0.5, 0.6) is 5.75 Å². The largest absolute Gasteiger partial charge is 0.497 e. The van der Waals surface area contributed by atoms with E-state index in [4.69, 9.17) is 4.74 Å². The molecule has 100 valence electrons. The Kier molecular flexibility index (Phi) is 6.22. The Balaban J connectivity index is 2.35. The van der Waals surface area contributed by atoms with Crippen LogP contribution < -0.4 is 10.1 Å². The Morgan fingerprint density at radius 1 is 1.39 bits per heavy atom. The van der Waals surface area contributed by atoms with Crippen molar-refractivity contribution < 1.29 is 14.3 Å². The third-order valence-electron chi connectivity index (χ3n) is 2.83. The first-order valence-corrected chi connectivity index (χ1v) is 6.11. The highest BCUT2D eigenvalue weighted by Crippen LogP contribution is 2.18. The molecule has 0 unspecified atom stereocenters. The van der Waals surface area contributed by atoms with Crippen LogP contribution in [-0.2, 0) is 9.53 Å². The first kappa shape index (κ1) is 14.5. The van der Waals surface area contributed by atoms with E-state index in [1.807, 2.05) is 18.2 Å². The summed E-state index contributed by atoms with van der Waals surface area (Å²) in [5.74, 6) is 0.696. The monoisotopic (exact) mass is 251 g/mol. The van der Waals surface area contributed by atoms with Gasteiger partial charge in [0, 0.05) is 12.5 Å². The van der Waals surface area contributed by atoms with Gasteiger partial charge in [-0.2, -0.15) is 0 Å². The van der Waals surface area contributed by atoms with Crippen molar-refractivity contribution in [1.29, 1.82) is 0 Å². The van der Waals surface area contributed by atoms with Crippen LogP contribution in [0.25, 0.3) is 0 Å². The minimum Gasteiger partial charge on any atom is -0.497 e. The van der Waals surface area contributed by atoms with E-state index in [1.165, 1.54) is 12.7 Å². The summed E-state index contributed by atoms with van der Waals surface area (Å²) in [6.07, 6.45) is 1.23. The topological polar surface area (TPSA) is 47.6 Å². The van der Waals surface area contributed by atoms with Crippen LogP contribution in [0.15, 0.2) is 24.3 Å². The van der Waals surface area contributed by atoms with Crippen molar-refractivity contribution >= 4 is 5.97 Å². The maximum atomic E-state index is 10.9. The van der Waals surface area contributed by atoms with Crippen LogP contribution in [0.2, 0.25) is 0 Å². The quantitative estimate of drug-likeness (QED) is 0.596. The van der Waals surface area contributed by atoms with Crippen LogP contribution >= 0.6 is 0 Å². The minimum absolute atomic E-state index is 0.161. The molecule has 4 nitrogen and oxygen atoms in total. The molecule has 1 N–H and O–H groups in total. The van der Waals surface area contributed by atoms with Crippen molar-refractivity contribution in [3.05, 3.63) is 29.8 Å². The van der Waals surface area contributed by atoms with Crippen molar-refractivity contribution in [2.24, 2.45) is 0 Å². The van der Waals surface area contributed by atoms with E-state index in [9.17, 15) is 4.79 Å². The van der Waals surface area contributed by atoms with Gasteiger partial charge in [-0.05, 0) is 37.6 Å². The summed E-state index contributed by atoms with van der Waals surface area (Å²) in [7, 11) is 3.07. The van der Waals surface area contributed by atoms with Crippen molar-refractivity contribution in [2.75, 3.05) is 20.8 Å². The summed E-state index contributed by atoms with van der Waals surface area (Å²) < 4.78 is 9.78. The molecule has 0 aliphatic carbocycles. The standard InChI is InChI=1S/C14H21NO3/c1-11(15-9-5-8-14(16)18-3)12-6-4-7-13(10-12)17-2/h4,6-7,10-11,15H,5,8-9H2,1-3H3/t11-/m1/s1. The summed E-state index contributed by atoms with van der Waals surface area (Å²) >= 11 is 0. The van der Waals surface area contributed by atoms with E-state index in [0.717, 1.165) is 18.7 Å². The molecule has 0 aliphatic heterocycles. The number of benzene rings is 1. The molecule has 1 aromatic rings. The Morgan fingerprint density at radius 3 is 2.83 bits per heavy atom. The number of rotatable bonds is 7. The molecular formula is C14H21NO3. The van der Waals surface area contributed by atoms with Gasteiger partial charge in [0.25, 0.3) is 0 Å². The van der Waals surface area contributed by atoms with Crippen molar-refractivity contribution in [3.63, 3.8) is 0 Å². The van der Waals surface area contributed by atoms with Gasteiger partial charge in [-0.25, -0.2) is 0 Å². The molecule has 1 atom stereocenters. The number of carbonyl (C=O) groups excluding carboxylic acids is 1. The van der Waals surface area contributed by atoms with E-state index in [0.29, 0.717) is 6.42 Å². The molecule has 0 bridgehead atoms. The lowest BCUT2D eigenvalue weighted by molar-refractivity contribution is -0.140. The number of carbonyl (C=O) groups is 1. The van der Waals surface area contributed by atoms with E-state index >= 15 is 0 Å². The second kappa shape index (κ2) is 7.71. The van der Waals surface area contributed by atoms with Crippen LogP contribution in [0.4, 0.5) is 0 Å². The number of methoxy groups -OCH3 is 2. The lowest BCUT2D eigenvalue weighted by Crippen LogP contribution is -2.20. The molecule has 0 amide bonds. The zero-order chi connectivity index (χ0) is 13.4. The highest BCUT2D eigenvalue weighted by atomic mass is 16.5. The first-order chi connectivity index (χ1) is 8.67. The SMILES string of the molecule is COC(=O)CCCN[C@H](C)c1cccc(OC)c1. The zero-order valence-corrected chi connectivity index (χ0v) is 11.2. The Hall–Kier alpha value is -1.55. The van der Waals surface area contributed by atoms with Gasteiger partial charge in [0.1, 0.15) is 5.75 Å². The van der Waals surface area contributed by atoms with Gasteiger partial charge in [0.15, 0.2) is 0 Å². The van der Waals surface area contributed by atoms with Crippen LogP contribution in [-0.4, -0.2) is 26.7 Å². The molecule has 1 aromatic carbocycles. The summed E-state index contributed by atoms with van der Waals surface area (Å²) in [5.41, 5.74) is 1.17. The molecule has 0 saturated heterocycles. The second-order valence-corrected chi connectivity index (χ2v) is 4.13. The summed E-state index contributed by atoms with van der Waals surface area (Å²) in [6.45, 7) is 2.88. The Bertz CT molecular complexity index is 379. The Morgan fingerprint density at radius 2 is 2.17 bits per heavy atom. The second-order valence-electron chi connectivity index (χ2n) is 4.13. The third kappa shape index (κ3) is 4.75. The highest BCUT2D eigenvalue weighted by Gasteiger charge is 2.06. The molecule has 4 heteroatoms. The number of esters is 1. The molecule has 0 fully saturated rings. The van der Waals surface area contributed by atoms with Gasteiger partial charge in [0.05, 0.1) is 14.2 Å². The van der Waals surface area contributed by atoms with E-state index < -0.39 is 0 Å². The Labute approximate surface area is 108 Å². The van der Waals surface area contributed by atoms with Crippen molar-refractivity contribution in [1.82, 2.24) is 5.32 Å². The maximum absolute atomic E-state index is 10.9. The molecule has 0 aliphatic rings. The van der Waals surface area contributed by atoms with E-state index in [-0.39, 0.29) is 12.0 Å². The van der Waals surface area contributed by atoms with Crippen molar-refractivity contribution in [2.45, 2.75) is 25.8 Å². The predicted molar refractivity (Wildman–Crippen MR) is 70.7 cm³/mol. The minimum atomic E-state index is -0.161. The molecule has 0 heterocycles. The normalized spacial score (nSPS) is 11.9. The molecule has 0 radical (unpaired) electrons. The molecule has 0 spiro atoms. The molecule has 18 heavy (non-hydrogen) atoms. The van der Waals surface area contributed by atoms with Crippen LogP contribution in [0.3, 0.4) is 0 Å². The summed E-state index contributed by atoms with van der Waals surface area (Å²) in [6, 6.07) is 8.20. The zero-order valence-electron chi connectivity index (χ0n) is 11.2. The predicted octanol–water partition coefficient (Wildman–Crippen LogP) is 2.30. The highest BCUT2D eigenvalue weighted by molar-refractivity contribution is 5.69. The fourth-order valence-corrected chi connectivity index (χ4v) is 1.68. The van der Waals surface area contributed by atoms with Gasteiger partial charge in [-0.3, -0.25) is 4.79 Å². The number of ether oxygens (including phenoxy) is 2. The van der Waals surface area contributed by atoms with Crippen LogP contribution in [0.1, 0.15) is 31.4 Å². The molecular weight excluding hydrogens is 230 g/mol. The van der Waals surface area contributed by atoms with Crippen molar-refractivity contribution in [3.8, 4) is 5.75 Å². The number of hydrogen-bond acceptors (Lipinski definition) is 4. The first-order valence-electron chi connectivity index (χ1n) is 6.11. The average Bonchev–Trinajstić information content (AvgIpc) is 2.43. The van der Waals surface area contributed by atoms with Gasteiger partial charge in [-0.15, -0.1) is 0 Å². The third-order valence-corrected chi connectivity index (χ3v) is 2.83. The molecule has 0 saturated carbocycles. The summed E-state index contributed by atoms with van der Waals surface area (Å²) in [4.78, 5) is 10.9. The van der Waals surface area contributed by atoms with Crippen LogP contribution in [0, 0.1) is 0 Å². The lowest BCUT2D eigenvalue weighted by Gasteiger charge is -2.14. The van der Waals surface area contributed by atoms with E-state index in [1.54, 1.807) is 7.11 Å². The summed E-state index contributed by atoms with van der Waals surface area (Å²) in [5, 5.41) is 3.37. The van der Waals surface area contributed by atoms with Gasteiger partial charge < -0.3 is 14.8 Å². The van der Waals surface area contributed by atoms with Gasteiger partial charge in [-0.1, -0.05) is 12.1 Å². The number of hydrogen-bond donors (Lipinski definition) is 1. The lowest BCUT2D eigenvalue weighted by atomic mass is 10.1. The van der Waals surface area contributed by atoms with Gasteiger partial charge >= 0.3 is 5.97 Å². The smallest absolute Gasteiger partial charge is 0.305 e. The molecule has 1 rings (SSSR count). The van der Waals surface area contributed by atoms with E-state index in [2.05, 4.69) is 23.0 Å². The molecule has 0 aromatic heterocycles. The van der Waals surface area contributed by atoms with Gasteiger partial charge in [0.2, 0.25) is 0 Å². The average molecular weight is 251 g/mol. The fourth-order valence-electron chi connectivity index (χ4n) is 1.68. The number of nitrogens with one attached hydrogen (secondary N) is 1.